The molecule has 0 heterocycles. The fourth-order valence-electron chi connectivity index (χ4n) is 1.21. The van der Waals surface area contributed by atoms with Gasteiger partial charge in [-0.2, -0.15) is 0 Å². The third-order valence-corrected chi connectivity index (χ3v) is 2.00. The van der Waals surface area contributed by atoms with Gasteiger partial charge >= 0.3 is 0 Å². The van der Waals surface area contributed by atoms with Crippen LogP contribution in [-0.2, 0) is 6.61 Å². The number of halogens is 1. The molecule has 0 radical (unpaired) electrons. The van der Waals surface area contributed by atoms with Crippen LogP contribution in [-0.4, -0.2) is 23.4 Å². The van der Waals surface area contributed by atoms with Gasteiger partial charge < -0.3 is 14.9 Å². The molecular weight excluding hydrogens is 199 g/mol. The average molecular weight is 214 g/mol. The van der Waals surface area contributed by atoms with E-state index < -0.39 is 0 Å². The number of unbranched alkanes of at least 4 members (excludes halogenated alkanes) is 1. The van der Waals surface area contributed by atoms with Crippen molar-refractivity contribution in [1.29, 1.82) is 0 Å². The summed E-state index contributed by atoms with van der Waals surface area (Å²) >= 11 is 0. The third kappa shape index (κ3) is 3.85. The Balaban J connectivity index is 2.52. The molecule has 1 aromatic rings. The Morgan fingerprint density at radius 2 is 2.00 bits per heavy atom. The molecule has 4 heteroatoms. The van der Waals surface area contributed by atoms with Crippen LogP contribution in [0.2, 0.25) is 0 Å². The summed E-state index contributed by atoms with van der Waals surface area (Å²) in [5.74, 6) is 0.110. The van der Waals surface area contributed by atoms with Crippen LogP contribution in [0.5, 0.6) is 5.75 Å². The minimum atomic E-state index is -0.387. The van der Waals surface area contributed by atoms with Gasteiger partial charge in [0.1, 0.15) is 11.6 Å². The Bertz CT molecular complexity index is 302. The maximum absolute atomic E-state index is 12.8. The van der Waals surface area contributed by atoms with Crippen LogP contribution in [0.25, 0.3) is 0 Å². The molecule has 0 unspecified atom stereocenters. The highest BCUT2D eigenvalue weighted by Gasteiger charge is 2.03. The van der Waals surface area contributed by atoms with Crippen LogP contribution in [0.15, 0.2) is 18.2 Å². The van der Waals surface area contributed by atoms with Gasteiger partial charge in [-0.25, -0.2) is 4.39 Å². The average Bonchev–Trinajstić information content (AvgIpc) is 2.26. The van der Waals surface area contributed by atoms with Crippen molar-refractivity contribution < 1.29 is 19.3 Å². The molecule has 0 aliphatic heterocycles. The van der Waals surface area contributed by atoms with Crippen molar-refractivity contribution in [2.75, 3.05) is 13.2 Å². The van der Waals surface area contributed by atoms with Gasteiger partial charge in [0.25, 0.3) is 0 Å². The van der Waals surface area contributed by atoms with Crippen molar-refractivity contribution in [2.24, 2.45) is 0 Å². The zero-order chi connectivity index (χ0) is 11.1. The van der Waals surface area contributed by atoms with Gasteiger partial charge in [0.15, 0.2) is 0 Å². The monoisotopic (exact) mass is 214 g/mol. The minimum absolute atomic E-state index is 0.139. The Morgan fingerprint density at radius 1 is 1.20 bits per heavy atom. The molecule has 0 atom stereocenters. The Hall–Kier alpha value is -1.13. The van der Waals surface area contributed by atoms with Crippen LogP contribution in [0, 0.1) is 5.82 Å². The van der Waals surface area contributed by atoms with Gasteiger partial charge in [0, 0.05) is 12.2 Å². The third-order valence-electron chi connectivity index (χ3n) is 2.00. The molecule has 0 aromatic heterocycles. The maximum Gasteiger partial charge on any atom is 0.125 e. The van der Waals surface area contributed by atoms with Crippen LogP contribution in [0.4, 0.5) is 4.39 Å². The summed E-state index contributed by atoms with van der Waals surface area (Å²) < 4.78 is 18.1. The second kappa shape index (κ2) is 6.37. The van der Waals surface area contributed by atoms with Crippen molar-refractivity contribution in [1.82, 2.24) is 0 Å². The zero-order valence-corrected chi connectivity index (χ0v) is 8.45. The number of hydrogen-bond acceptors (Lipinski definition) is 3. The zero-order valence-electron chi connectivity index (χ0n) is 8.45. The summed E-state index contributed by atoms with van der Waals surface area (Å²) in [4.78, 5) is 0. The number of aliphatic hydroxyl groups is 2. The molecule has 0 spiro atoms. The maximum atomic E-state index is 12.8. The molecule has 3 nitrogen and oxygen atoms in total. The predicted octanol–water partition coefficient (Wildman–Crippen LogP) is 1.47. The summed E-state index contributed by atoms with van der Waals surface area (Å²) in [6.45, 7) is 0.353. The van der Waals surface area contributed by atoms with Gasteiger partial charge in [-0.15, -0.1) is 0 Å². The number of hydrogen-bond donors (Lipinski definition) is 2. The molecule has 0 fully saturated rings. The van der Waals surface area contributed by atoms with E-state index in [2.05, 4.69) is 0 Å². The largest absolute Gasteiger partial charge is 0.493 e. The smallest absolute Gasteiger partial charge is 0.125 e. The lowest BCUT2D eigenvalue weighted by molar-refractivity contribution is 0.242. The molecule has 15 heavy (non-hydrogen) atoms. The number of benzene rings is 1. The lowest BCUT2D eigenvalue weighted by Crippen LogP contribution is -2.01. The van der Waals surface area contributed by atoms with E-state index in [1.807, 2.05) is 0 Å². The molecule has 0 aliphatic carbocycles. The molecule has 0 amide bonds. The predicted molar refractivity (Wildman–Crippen MR) is 54.1 cm³/mol. The summed E-state index contributed by atoms with van der Waals surface area (Å²) in [7, 11) is 0. The van der Waals surface area contributed by atoms with E-state index in [1.165, 1.54) is 18.2 Å². The molecule has 0 saturated carbocycles. The number of aliphatic hydroxyl groups excluding tert-OH is 2. The Kier molecular flexibility index (Phi) is 5.07. The summed E-state index contributed by atoms with van der Waals surface area (Å²) in [6, 6.07) is 4.04. The first-order valence-corrected chi connectivity index (χ1v) is 4.91. The molecule has 2 N–H and O–H groups in total. The topological polar surface area (TPSA) is 49.7 Å². The van der Waals surface area contributed by atoms with E-state index in [0.717, 1.165) is 6.42 Å². The highest BCUT2D eigenvalue weighted by molar-refractivity contribution is 5.33. The highest BCUT2D eigenvalue weighted by atomic mass is 19.1. The van der Waals surface area contributed by atoms with Gasteiger partial charge in [-0.3, -0.25) is 0 Å². The van der Waals surface area contributed by atoms with Gasteiger partial charge in [-0.05, 0) is 31.0 Å². The van der Waals surface area contributed by atoms with Crippen LogP contribution in [0.3, 0.4) is 0 Å². The van der Waals surface area contributed by atoms with E-state index in [4.69, 9.17) is 14.9 Å². The first-order valence-electron chi connectivity index (χ1n) is 4.91. The van der Waals surface area contributed by atoms with E-state index in [-0.39, 0.29) is 19.0 Å². The second-order valence-electron chi connectivity index (χ2n) is 3.19. The molecule has 84 valence electrons. The van der Waals surface area contributed by atoms with E-state index in [1.54, 1.807) is 0 Å². The molecule has 0 bridgehead atoms. The quantitative estimate of drug-likeness (QED) is 0.705. The van der Waals surface area contributed by atoms with Crippen LogP contribution < -0.4 is 4.74 Å². The lowest BCUT2D eigenvalue weighted by atomic mass is 10.2. The van der Waals surface area contributed by atoms with E-state index in [0.29, 0.717) is 24.3 Å². The van der Waals surface area contributed by atoms with Crippen molar-refractivity contribution in [3.05, 3.63) is 29.6 Å². The van der Waals surface area contributed by atoms with Crippen molar-refractivity contribution in [2.45, 2.75) is 19.4 Å². The molecule has 1 aromatic carbocycles. The number of rotatable bonds is 6. The Morgan fingerprint density at radius 3 is 2.67 bits per heavy atom. The second-order valence-corrected chi connectivity index (χ2v) is 3.19. The molecule has 0 saturated heterocycles. The van der Waals surface area contributed by atoms with Crippen molar-refractivity contribution >= 4 is 0 Å². The van der Waals surface area contributed by atoms with E-state index >= 15 is 0 Å². The Labute approximate surface area is 88.1 Å². The number of ether oxygens (including phenoxy) is 1. The summed E-state index contributed by atoms with van der Waals surface area (Å²) in [5, 5.41) is 17.5. The fraction of sp³-hybridized carbons (Fsp3) is 0.455. The SMILES string of the molecule is OCCCCOc1ccc(F)cc1CO. The van der Waals surface area contributed by atoms with Gasteiger partial charge in [-0.1, -0.05) is 0 Å². The van der Waals surface area contributed by atoms with Crippen molar-refractivity contribution in [3.8, 4) is 5.75 Å². The standard InChI is InChI=1S/C11H15FO3/c12-10-3-4-11(9(7-10)8-14)15-6-2-1-5-13/h3-4,7,13-14H,1-2,5-6,8H2. The normalized spacial score (nSPS) is 10.3. The molecular formula is C11H15FO3. The minimum Gasteiger partial charge on any atom is -0.493 e. The van der Waals surface area contributed by atoms with Crippen LogP contribution in [0.1, 0.15) is 18.4 Å². The van der Waals surface area contributed by atoms with Crippen molar-refractivity contribution in [3.63, 3.8) is 0 Å². The van der Waals surface area contributed by atoms with Crippen LogP contribution >= 0.6 is 0 Å². The lowest BCUT2D eigenvalue weighted by Gasteiger charge is -2.09. The molecule has 0 aliphatic rings. The fourth-order valence-corrected chi connectivity index (χ4v) is 1.21. The summed E-state index contributed by atoms with van der Waals surface area (Å²) in [6.07, 6.45) is 1.41. The van der Waals surface area contributed by atoms with E-state index in [9.17, 15) is 4.39 Å². The summed E-state index contributed by atoms with van der Waals surface area (Å²) in [5.41, 5.74) is 0.444. The molecule has 1 rings (SSSR count). The highest BCUT2D eigenvalue weighted by Crippen LogP contribution is 2.19. The first-order chi connectivity index (χ1) is 7.27. The van der Waals surface area contributed by atoms with Gasteiger partial charge in [0.2, 0.25) is 0 Å². The van der Waals surface area contributed by atoms with Gasteiger partial charge in [0.05, 0.1) is 13.2 Å². The first kappa shape index (κ1) is 11.9.